The molecule has 0 aliphatic heterocycles. The van der Waals surface area contributed by atoms with E-state index in [2.05, 4.69) is 6.07 Å². The predicted molar refractivity (Wildman–Crippen MR) is 106 cm³/mol. The van der Waals surface area contributed by atoms with E-state index in [9.17, 15) is 10.1 Å². The van der Waals surface area contributed by atoms with Crippen molar-refractivity contribution < 1.29 is 0 Å². The van der Waals surface area contributed by atoms with Gasteiger partial charge in [0, 0.05) is 24.2 Å². The number of hydrogen-bond acceptors (Lipinski definition) is 4. The molecule has 3 aromatic heterocycles. The Morgan fingerprint density at radius 3 is 2.81 bits per heavy atom. The number of thioether (sulfide) groups is 1. The fourth-order valence-electron chi connectivity index (χ4n) is 3.44. The Labute approximate surface area is 159 Å². The largest absolute Gasteiger partial charge is 0.322 e. The van der Waals surface area contributed by atoms with Crippen molar-refractivity contribution in [3.8, 4) is 6.07 Å². The number of nitriles is 1. The van der Waals surface area contributed by atoms with E-state index in [1.807, 2.05) is 63.8 Å². The molecule has 1 aromatic carbocycles. The van der Waals surface area contributed by atoms with E-state index in [1.165, 1.54) is 11.8 Å². The van der Waals surface area contributed by atoms with Crippen LogP contribution in [-0.2, 0) is 5.75 Å². The number of benzene rings is 1. The van der Waals surface area contributed by atoms with Gasteiger partial charge >= 0.3 is 0 Å². The van der Waals surface area contributed by atoms with Gasteiger partial charge in [-0.3, -0.25) is 9.36 Å². The van der Waals surface area contributed by atoms with Gasteiger partial charge in [-0.15, -0.1) is 0 Å². The number of hydrogen-bond donors (Lipinski definition) is 0. The molecule has 0 saturated heterocycles. The van der Waals surface area contributed by atoms with Crippen LogP contribution in [0.15, 0.2) is 64.8 Å². The summed E-state index contributed by atoms with van der Waals surface area (Å²) in [6, 6.07) is 15.9. The average molecular weight is 372 g/mol. The highest BCUT2D eigenvalue weighted by Crippen LogP contribution is 2.37. The number of para-hydroxylation sites is 1. The molecule has 0 radical (unpaired) electrons. The Morgan fingerprint density at radius 2 is 2.00 bits per heavy atom. The van der Waals surface area contributed by atoms with E-state index < -0.39 is 0 Å². The molecule has 3 heterocycles. The maximum atomic E-state index is 13.0. The first kappa shape index (κ1) is 16.2. The molecule has 1 aliphatic carbocycles. The summed E-state index contributed by atoms with van der Waals surface area (Å²) in [6.45, 7) is 0. The summed E-state index contributed by atoms with van der Waals surface area (Å²) in [4.78, 5) is 17.7. The normalized spacial score (nSPS) is 13.9. The number of pyridine rings is 1. The highest BCUT2D eigenvalue weighted by atomic mass is 32.2. The monoisotopic (exact) mass is 372 g/mol. The van der Waals surface area contributed by atoms with Gasteiger partial charge in [0.15, 0.2) is 5.16 Å². The van der Waals surface area contributed by atoms with Crippen LogP contribution in [-0.4, -0.2) is 14.0 Å². The summed E-state index contributed by atoms with van der Waals surface area (Å²) >= 11 is 1.53. The van der Waals surface area contributed by atoms with Gasteiger partial charge < -0.3 is 4.40 Å². The number of aromatic nitrogens is 3. The average Bonchev–Trinajstić information content (AvgIpc) is 3.46. The highest BCUT2D eigenvalue weighted by molar-refractivity contribution is 7.98. The molecular formula is C21H16N4OS. The molecule has 1 fully saturated rings. The number of rotatable bonds is 4. The summed E-state index contributed by atoms with van der Waals surface area (Å²) in [5.74, 6) is 0.599. The zero-order valence-electron chi connectivity index (χ0n) is 14.5. The molecule has 5 rings (SSSR count). The summed E-state index contributed by atoms with van der Waals surface area (Å²) in [5, 5.41) is 11.0. The molecular weight excluding hydrogens is 356 g/mol. The molecule has 1 aliphatic rings. The fraction of sp³-hybridized carbons (Fsp3) is 0.190. The third kappa shape index (κ3) is 2.71. The highest BCUT2D eigenvalue weighted by Gasteiger charge is 2.28. The first-order valence-electron chi connectivity index (χ1n) is 8.89. The molecule has 6 heteroatoms. The first-order valence-corrected chi connectivity index (χ1v) is 9.87. The first-order chi connectivity index (χ1) is 13.3. The number of fused-ring (bicyclic) bond motifs is 2. The Hall–Kier alpha value is -3.04. The van der Waals surface area contributed by atoms with Gasteiger partial charge in [-0.25, -0.2) is 4.98 Å². The van der Waals surface area contributed by atoms with Crippen molar-refractivity contribution in [3.63, 3.8) is 0 Å². The summed E-state index contributed by atoms with van der Waals surface area (Å²) < 4.78 is 3.81. The molecule has 0 spiro atoms. The zero-order chi connectivity index (χ0) is 18.4. The Bertz CT molecular complexity index is 1280. The molecule has 0 atom stereocenters. The molecule has 0 unspecified atom stereocenters. The van der Waals surface area contributed by atoms with E-state index in [1.54, 1.807) is 0 Å². The van der Waals surface area contributed by atoms with Gasteiger partial charge in [0.05, 0.1) is 22.0 Å². The van der Waals surface area contributed by atoms with E-state index in [0.717, 1.165) is 34.6 Å². The van der Waals surface area contributed by atoms with Crippen molar-refractivity contribution in [2.24, 2.45) is 0 Å². The smallest absolute Gasteiger partial charge is 0.262 e. The van der Waals surface area contributed by atoms with Gasteiger partial charge in [-0.2, -0.15) is 5.26 Å². The molecule has 0 N–H and O–H groups in total. The lowest BCUT2D eigenvalue weighted by Crippen LogP contribution is -2.22. The third-order valence-electron chi connectivity index (χ3n) is 4.92. The van der Waals surface area contributed by atoms with Crippen LogP contribution >= 0.6 is 11.8 Å². The second-order valence-corrected chi connectivity index (χ2v) is 7.68. The molecule has 132 valence electrons. The van der Waals surface area contributed by atoms with Crippen molar-refractivity contribution in [1.29, 1.82) is 5.26 Å². The molecule has 4 aromatic rings. The molecule has 1 saturated carbocycles. The topological polar surface area (TPSA) is 63.1 Å². The van der Waals surface area contributed by atoms with Gasteiger partial charge in [0.2, 0.25) is 0 Å². The van der Waals surface area contributed by atoms with Crippen LogP contribution in [0.1, 0.15) is 30.0 Å². The van der Waals surface area contributed by atoms with Crippen molar-refractivity contribution in [1.82, 2.24) is 14.0 Å². The van der Waals surface area contributed by atoms with E-state index in [4.69, 9.17) is 4.98 Å². The van der Waals surface area contributed by atoms with Crippen LogP contribution in [0.4, 0.5) is 0 Å². The second kappa shape index (κ2) is 6.29. The van der Waals surface area contributed by atoms with Gasteiger partial charge in [-0.1, -0.05) is 30.0 Å². The predicted octanol–water partition coefficient (Wildman–Crippen LogP) is 4.15. The minimum Gasteiger partial charge on any atom is -0.322 e. The van der Waals surface area contributed by atoms with Crippen LogP contribution in [0.5, 0.6) is 0 Å². The lowest BCUT2D eigenvalue weighted by Gasteiger charge is -2.12. The number of nitrogens with zero attached hydrogens (tertiary/aromatic N) is 4. The standard InChI is InChI=1S/C21H16N4OS/c22-11-17-14(12-24-10-4-3-7-19(17)24)13-27-21-23-18-6-2-1-5-16(18)20(26)25(21)15-8-9-15/h1-7,10,12,15H,8-9,13H2. The fourth-order valence-corrected chi connectivity index (χ4v) is 4.48. The summed E-state index contributed by atoms with van der Waals surface area (Å²) in [6.07, 6.45) is 5.97. The van der Waals surface area contributed by atoms with Gasteiger partial charge in [0.25, 0.3) is 5.56 Å². The Kier molecular flexibility index (Phi) is 3.76. The Morgan fingerprint density at radius 1 is 1.19 bits per heavy atom. The van der Waals surface area contributed by atoms with E-state index in [0.29, 0.717) is 16.7 Å². The van der Waals surface area contributed by atoms with Crippen LogP contribution < -0.4 is 5.56 Å². The van der Waals surface area contributed by atoms with Gasteiger partial charge in [0.1, 0.15) is 6.07 Å². The summed E-state index contributed by atoms with van der Waals surface area (Å²) in [7, 11) is 0. The minimum atomic E-state index is 0.0353. The minimum absolute atomic E-state index is 0.0353. The maximum Gasteiger partial charge on any atom is 0.262 e. The van der Waals surface area contributed by atoms with Crippen molar-refractivity contribution in [2.75, 3.05) is 0 Å². The third-order valence-corrected chi connectivity index (χ3v) is 5.92. The lowest BCUT2D eigenvalue weighted by atomic mass is 10.2. The van der Waals surface area contributed by atoms with Crippen LogP contribution in [0.25, 0.3) is 16.4 Å². The quantitative estimate of drug-likeness (QED) is 0.399. The summed E-state index contributed by atoms with van der Waals surface area (Å²) in [5.41, 5.74) is 3.31. The lowest BCUT2D eigenvalue weighted by molar-refractivity contribution is 0.618. The van der Waals surface area contributed by atoms with E-state index >= 15 is 0 Å². The van der Waals surface area contributed by atoms with Crippen molar-refractivity contribution >= 4 is 28.2 Å². The van der Waals surface area contributed by atoms with Gasteiger partial charge in [-0.05, 0) is 42.7 Å². The van der Waals surface area contributed by atoms with Crippen LogP contribution in [0.3, 0.4) is 0 Å². The maximum absolute atomic E-state index is 13.0. The molecule has 0 bridgehead atoms. The molecule has 5 nitrogen and oxygen atoms in total. The zero-order valence-corrected chi connectivity index (χ0v) is 15.3. The van der Waals surface area contributed by atoms with Crippen molar-refractivity contribution in [3.05, 3.63) is 76.3 Å². The van der Waals surface area contributed by atoms with Crippen LogP contribution in [0, 0.1) is 11.3 Å². The second-order valence-electron chi connectivity index (χ2n) is 6.74. The Balaban J connectivity index is 1.57. The van der Waals surface area contributed by atoms with Crippen LogP contribution in [0.2, 0.25) is 0 Å². The molecule has 0 amide bonds. The van der Waals surface area contributed by atoms with E-state index in [-0.39, 0.29) is 11.6 Å². The van der Waals surface area contributed by atoms with Crippen molar-refractivity contribution in [2.45, 2.75) is 29.8 Å². The molecule has 27 heavy (non-hydrogen) atoms. The SMILES string of the molecule is N#Cc1c(CSc2nc3ccccc3c(=O)n2C2CC2)cn2ccccc12.